The van der Waals surface area contributed by atoms with Crippen molar-refractivity contribution in [3.63, 3.8) is 0 Å². The second-order valence-electron chi connectivity index (χ2n) is 4.35. The Balaban J connectivity index is 2.05. The van der Waals surface area contributed by atoms with Crippen LogP contribution in [0.25, 0.3) is 0 Å². The minimum Gasteiger partial charge on any atom is -0.391 e. The van der Waals surface area contributed by atoms with Crippen molar-refractivity contribution in [2.75, 3.05) is 11.9 Å². The fraction of sp³-hybridized carbons (Fsp3) is 0.545. The Morgan fingerprint density at radius 1 is 1.44 bits per heavy atom. The number of halogens is 4. The zero-order valence-corrected chi connectivity index (χ0v) is 10.1. The van der Waals surface area contributed by atoms with Crippen LogP contribution in [0.3, 0.4) is 0 Å². The first kappa shape index (κ1) is 13.4. The first-order chi connectivity index (χ1) is 8.36. The van der Waals surface area contributed by atoms with Crippen molar-refractivity contribution >= 4 is 17.4 Å². The molecule has 0 aromatic carbocycles. The van der Waals surface area contributed by atoms with Crippen molar-refractivity contribution in [1.29, 1.82) is 0 Å². The maximum atomic E-state index is 12.5. The molecule has 1 aliphatic carbocycles. The summed E-state index contributed by atoms with van der Waals surface area (Å²) in [6, 6.07) is 1.65. The first-order valence-electron chi connectivity index (χ1n) is 5.53. The van der Waals surface area contributed by atoms with Crippen LogP contribution in [0.2, 0.25) is 5.15 Å². The molecular weight excluding hydrogens is 269 g/mol. The van der Waals surface area contributed by atoms with Gasteiger partial charge < -0.3 is 10.4 Å². The molecule has 1 aromatic heterocycles. The number of anilines is 1. The summed E-state index contributed by atoms with van der Waals surface area (Å²) in [7, 11) is 0. The molecule has 0 radical (unpaired) electrons. The van der Waals surface area contributed by atoms with Gasteiger partial charge in [-0.3, -0.25) is 0 Å². The van der Waals surface area contributed by atoms with Crippen molar-refractivity contribution in [3.05, 3.63) is 22.8 Å². The lowest BCUT2D eigenvalue weighted by atomic mass is 10.2. The molecular formula is C11H12ClF3N2O. The molecule has 1 heterocycles. The molecule has 0 aliphatic heterocycles. The van der Waals surface area contributed by atoms with Crippen LogP contribution in [0.1, 0.15) is 18.4 Å². The van der Waals surface area contributed by atoms with Gasteiger partial charge in [-0.05, 0) is 30.9 Å². The molecule has 1 fully saturated rings. The van der Waals surface area contributed by atoms with E-state index in [1.807, 2.05) is 0 Å². The predicted octanol–water partition coefficient (Wildman–Crippen LogP) is 2.94. The first-order valence-corrected chi connectivity index (χ1v) is 5.91. The molecule has 1 unspecified atom stereocenters. The Bertz CT molecular complexity index is 435. The van der Waals surface area contributed by atoms with Crippen LogP contribution in [-0.4, -0.2) is 22.7 Å². The Morgan fingerprint density at radius 3 is 2.67 bits per heavy atom. The average molecular weight is 281 g/mol. The number of hydrogen-bond donors (Lipinski definition) is 2. The number of aromatic nitrogens is 1. The molecule has 18 heavy (non-hydrogen) atoms. The molecule has 1 aromatic rings. The highest BCUT2D eigenvalue weighted by atomic mass is 35.5. The molecule has 2 N–H and O–H groups in total. The smallest absolute Gasteiger partial charge is 0.391 e. The molecule has 0 saturated heterocycles. The lowest BCUT2D eigenvalue weighted by Gasteiger charge is -2.13. The maximum absolute atomic E-state index is 12.5. The van der Waals surface area contributed by atoms with E-state index in [4.69, 9.17) is 11.6 Å². The summed E-state index contributed by atoms with van der Waals surface area (Å²) in [4.78, 5) is 3.74. The molecule has 0 spiro atoms. The summed E-state index contributed by atoms with van der Waals surface area (Å²) in [5.74, 6) is 0.272. The van der Waals surface area contributed by atoms with Crippen molar-refractivity contribution in [3.8, 4) is 0 Å². The zero-order chi connectivity index (χ0) is 13.3. The van der Waals surface area contributed by atoms with E-state index >= 15 is 0 Å². The van der Waals surface area contributed by atoms with Crippen molar-refractivity contribution in [1.82, 2.24) is 4.98 Å². The van der Waals surface area contributed by atoms with Gasteiger partial charge in [0.05, 0.1) is 11.7 Å². The monoisotopic (exact) mass is 280 g/mol. The SMILES string of the molecule is OC(CNc1cc(C(F)(F)F)cc(Cl)n1)C1CC1. The molecule has 2 rings (SSSR count). The Labute approximate surface area is 107 Å². The number of aliphatic hydroxyl groups excluding tert-OH is 1. The van der Waals surface area contributed by atoms with Crippen LogP contribution in [-0.2, 0) is 6.18 Å². The number of nitrogens with one attached hydrogen (secondary N) is 1. The molecule has 1 aliphatic rings. The zero-order valence-electron chi connectivity index (χ0n) is 9.34. The topological polar surface area (TPSA) is 45.1 Å². The molecule has 1 atom stereocenters. The molecule has 7 heteroatoms. The van der Waals surface area contributed by atoms with Crippen molar-refractivity contribution < 1.29 is 18.3 Å². The van der Waals surface area contributed by atoms with Gasteiger partial charge in [0.1, 0.15) is 11.0 Å². The number of nitrogens with zero attached hydrogens (tertiary/aromatic N) is 1. The Kier molecular flexibility index (Phi) is 3.68. The summed E-state index contributed by atoms with van der Waals surface area (Å²) in [5, 5.41) is 12.0. The fourth-order valence-corrected chi connectivity index (χ4v) is 1.82. The summed E-state index contributed by atoms with van der Waals surface area (Å²) in [6.45, 7) is 0.176. The highest BCUT2D eigenvalue weighted by Crippen LogP contribution is 2.33. The minimum absolute atomic E-state index is 0.0227. The molecule has 0 bridgehead atoms. The molecule has 0 amide bonds. The number of hydrogen-bond acceptors (Lipinski definition) is 3. The van der Waals surface area contributed by atoms with Crippen molar-refractivity contribution in [2.45, 2.75) is 25.1 Å². The maximum Gasteiger partial charge on any atom is 0.416 e. The van der Waals surface area contributed by atoms with Crippen LogP contribution in [0.5, 0.6) is 0 Å². The average Bonchev–Trinajstić information content (AvgIpc) is 3.07. The van der Waals surface area contributed by atoms with Gasteiger partial charge in [0.2, 0.25) is 0 Å². The Morgan fingerprint density at radius 2 is 2.11 bits per heavy atom. The minimum atomic E-state index is -4.46. The van der Waals surface area contributed by atoms with Crippen LogP contribution in [0.15, 0.2) is 12.1 Å². The Hall–Kier alpha value is -1.01. The van der Waals surface area contributed by atoms with Gasteiger partial charge in [0.25, 0.3) is 0 Å². The van der Waals surface area contributed by atoms with Crippen LogP contribution in [0, 0.1) is 5.92 Å². The van der Waals surface area contributed by atoms with Gasteiger partial charge in [-0.1, -0.05) is 11.6 Å². The van der Waals surface area contributed by atoms with Crippen LogP contribution >= 0.6 is 11.6 Å². The second-order valence-corrected chi connectivity index (χ2v) is 4.73. The van der Waals surface area contributed by atoms with E-state index in [1.54, 1.807) is 0 Å². The van der Waals surface area contributed by atoms with Gasteiger partial charge in [0.15, 0.2) is 0 Å². The summed E-state index contributed by atoms with van der Waals surface area (Å²) >= 11 is 5.53. The quantitative estimate of drug-likeness (QED) is 0.834. The predicted molar refractivity (Wildman–Crippen MR) is 61.5 cm³/mol. The third-order valence-electron chi connectivity index (χ3n) is 2.78. The molecule has 3 nitrogen and oxygen atoms in total. The third kappa shape index (κ3) is 3.49. The van der Waals surface area contributed by atoms with E-state index in [-0.39, 0.29) is 23.4 Å². The van der Waals surface area contributed by atoms with E-state index in [2.05, 4.69) is 10.3 Å². The standard InChI is InChI=1S/C11H12ClF3N2O/c12-9-3-7(11(13,14)15)4-10(17-9)16-5-8(18)6-1-2-6/h3-4,6,8,18H,1-2,5H2,(H,16,17). The van der Waals surface area contributed by atoms with E-state index in [9.17, 15) is 18.3 Å². The third-order valence-corrected chi connectivity index (χ3v) is 2.97. The van der Waals surface area contributed by atoms with Crippen LogP contribution in [0.4, 0.5) is 19.0 Å². The second kappa shape index (κ2) is 4.93. The summed E-state index contributed by atoms with van der Waals surface area (Å²) in [5.41, 5.74) is -0.856. The van der Waals surface area contributed by atoms with Crippen molar-refractivity contribution in [2.24, 2.45) is 5.92 Å². The number of pyridine rings is 1. The number of aliphatic hydroxyl groups is 1. The highest BCUT2D eigenvalue weighted by molar-refractivity contribution is 6.29. The van der Waals surface area contributed by atoms with Gasteiger partial charge in [-0.25, -0.2) is 4.98 Å². The number of alkyl halides is 3. The van der Waals surface area contributed by atoms with Gasteiger partial charge in [0, 0.05) is 6.54 Å². The fourth-order valence-electron chi connectivity index (χ4n) is 1.61. The number of rotatable bonds is 4. The van der Waals surface area contributed by atoms with E-state index in [1.165, 1.54) is 0 Å². The lowest BCUT2D eigenvalue weighted by Crippen LogP contribution is -2.22. The summed E-state index contributed by atoms with van der Waals surface area (Å²) in [6.07, 6.45) is -3.10. The van der Waals surface area contributed by atoms with Gasteiger partial charge in [-0.15, -0.1) is 0 Å². The lowest BCUT2D eigenvalue weighted by molar-refractivity contribution is -0.137. The highest BCUT2D eigenvalue weighted by Gasteiger charge is 2.32. The van der Waals surface area contributed by atoms with E-state index < -0.39 is 17.8 Å². The van der Waals surface area contributed by atoms with E-state index in [0.717, 1.165) is 25.0 Å². The molecule has 1 saturated carbocycles. The van der Waals surface area contributed by atoms with E-state index in [0.29, 0.717) is 0 Å². The normalized spacial score (nSPS) is 17.6. The summed E-state index contributed by atoms with van der Waals surface area (Å²) < 4.78 is 37.6. The largest absolute Gasteiger partial charge is 0.416 e. The molecule has 100 valence electrons. The van der Waals surface area contributed by atoms with Gasteiger partial charge in [-0.2, -0.15) is 13.2 Å². The van der Waals surface area contributed by atoms with Crippen LogP contribution < -0.4 is 5.32 Å². The van der Waals surface area contributed by atoms with Gasteiger partial charge >= 0.3 is 6.18 Å².